The van der Waals surface area contributed by atoms with Crippen LogP contribution in [0.4, 0.5) is 18.9 Å². The van der Waals surface area contributed by atoms with Gasteiger partial charge in [-0.25, -0.2) is 13.2 Å². The number of alkyl halides is 2. The Morgan fingerprint density at radius 2 is 2.15 bits per heavy atom. The van der Waals surface area contributed by atoms with Gasteiger partial charge in [-0.2, -0.15) is 5.10 Å². The Balaban J connectivity index is 2.01. The molecule has 1 aromatic carbocycles. The Hall–Kier alpha value is -2.88. The highest BCUT2D eigenvalue weighted by molar-refractivity contribution is 6.03. The van der Waals surface area contributed by atoms with Crippen LogP contribution < -0.4 is 11.1 Å². The van der Waals surface area contributed by atoms with E-state index in [-0.39, 0.29) is 23.8 Å². The number of amidine groups is 1. The lowest BCUT2D eigenvalue weighted by molar-refractivity contribution is -0.116. The van der Waals surface area contributed by atoms with Gasteiger partial charge in [-0.3, -0.25) is 14.9 Å². The Bertz CT molecular complexity index is 912. The first kappa shape index (κ1) is 18.9. The summed E-state index contributed by atoms with van der Waals surface area (Å²) in [7, 11) is 0. The number of anilines is 1. The number of nitrogens with two attached hydrogens (primary N) is 1. The van der Waals surface area contributed by atoms with Crippen molar-refractivity contribution in [3.8, 4) is 0 Å². The number of benzene rings is 1. The van der Waals surface area contributed by atoms with Gasteiger partial charge in [0.15, 0.2) is 5.54 Å². The average Bonchev–Trinajstić information content (AvgIpc) is 2.98. The van der Waals surface area contributed by atoms with E-state index in [1.165, 1.54) is 12.3 Å². The molecule has 2 heterocycles. The summed E-state index contributed by atoms with van der Waals surface area (Å²) in [6, 6.07) is 3.38. The van der Waals surface area contributed by atoms with Crippen LogP contribution in [0, 0.1) is 12.7 Å². The Morgan fingerprint density at radius 1 is 1.41 bits per heavy atom. The van der Waals surface area contributed by atoms with E-state index in [1.54, 1.807) is 6.92 Å². The van der Waals surface area contributed by atoms with Gasteiger partial charge in [-0.15, -0.1) is 0 Å². The van der Waals surface area contributed by atoms with Gasteiger partial charge in [0.2, 0.25) is 0 Å². The number of aromatic amines is 1. The molecule has 4 N–H and O–H groups in total. The van der Waals surface area contributed by atoms with Crippen molar-refractivity contribution in [2.75, 3.05) is 18.5 Å². The molecule has 0 radical (unpaired) electrons. The number of carbonyl (C=O) groups is 1. The topological polar surface area (TPSA) is 105 Å². The van der Waals surface area contributed by atoms with E-state index in [9.17, 15) is 18.0 Å². The third-order valence-electron chi connectivity index (χ3n) is 4.42. The molecule has 0 unspecified atom stereocenters. The summed E-state index contributed by atoms with van der Waals surface area (Å²) in [6.07, 6.45) is 1.47. The predicted octanol–water partition coefficient (Wildman–Crippen LogP) is 2.35. The highest BCUT2D eigenvalue weighted by Gasteiger charge is 2.54. The molecule has 0 saturated heterocycles. The van der Waals surface area contributed by atoms with Crippen LogP contribution in [0.5, 0.6) is 0 Å². The monoisotopic (exact) mass is 381 g/mol. The minimum atomic E-state index is -3.52. The Kier molecular flexibility index (Phi) is 4.68. The predicted molar refractivity (Wildman–Crippen MR) is 92.4 cm³/mol. The van der Waals surface area contributed by atoms with Crippen molar-refractivity contribution in [2.24, 2.45) is 10.7 Å². The first-order valence-corrected chi connectivity index (χ1v) is 8.05. The lowest BCUT2D eigenvalue weighted by Crippen LogP contribution is -2.45. The number of carbonyl (C=O) groups excluding carboxylic acids is 1. The zero-order valence-corrected chi connectivity index (χ0v) is 14.6. The van der Waals surface area contributed by atoms with Gasteiger partial charge in [0.25, 0.3) is 11.8 Å². The molecule has 3 rings (SSSR count). The largest absolute Gasteiger partial charge is 0.385 e. The Labute approximate surface area is 152 Å². The molecule has 7 nitrogen and oxygen atoms in total. The van der Waals surface area contributed by atoms with Crippen molar-refractivity contribution in [3.05, 3.63) is 47.0 Å². The fourth-order valence-electron chi connectivity index (χ4n) is 2.83. The van der Waals surface area contributed by atoms with Crippen LogP contribution in [0.1, 0.15) is 28.5 Å². The SMILES string of the molecule is Cc1cn[nH]c1C(=O)Nc1ccc(F)c([C@@]2(C)N=C(N)COCC2(F)F)c1. The Morgan fingerprint density at radius 3 is 2.81 bits per heavy atom. The van der Waals surface area contributed by atoms with Crippen LogP contribution in [0.3, 0.4) is 0 Å². The number of halogens is 3. The molecular formula is C17H18F3N5O2. The van der Waals surface area contributed by atoms with Gasteiger partial charge in [-0.05, 0) is 37.6 Å². The molecule has 0 fully saturated rings. The van der Waals surface area contributed by atoms with Gasteiger partial charge in [-0.1, -0.05) is 0 Å². The number of rotatable bonds is 3. The smallest absolute Gasteiger partial charge is 0.299 e. The standard InChI is InChI=1S/C17H18F3N5O2/c1-9-6-22-25-14(9)15(26)23-10-3-4-12(18)11(5-10)16(2)17(19,20)8-27-7-13(21)24-16/h3-6H,7-8H2,1-2H3,(H2,21,24)(H,22,25)(H,23,26)/t16-/m1/s1. The van der Waals surface area contributed by atoms with Crippen LogP contribution in [0.25, 0.3) is 0 Å². The van der Waals surface area contributed by atoms with Crippen molar-refractivity contribution >= 4 is 17.4 Å². The van der Waals surface area contributed by atoms with Crippen molar-refractivity contribution in [1.82, 2.24) is 10.2 Å². The second-order valence-corrected chi connectivity index (χ2v) is 6.45. The van der Waals surface area contributed by atoms with E-state index in [4.69, 9.17) is 10.5 Å². The number of ether oxygens (including phenoxy) is 1. The first-order valence-electron chi connectivity index (χ1n) is 8.05. The third-order valence-corrected chi connectivity index (χ3v) is 4.42. The van der Waals surface area contributed by atoms with Crippen molar-refractivity contribution in [1.29, 1.82) is 0 Å². The van der Waals surface area contributed by atoms with Gasteiger partial charge >= 0.3 is 0 Å². The molecule has 1 aliphatic heterocycles. The van der Waals surface area contributed by atoms with Gasteiger partial charge in [0.1, 0.15) is 30.6 Å². The van der Waals surface area contributed by atoms with Crippen molar-refractivity contribution in [2.45, 2.75) is 25.3 Å². The number of nitrogens with zero attached hydrogens (tertiary/aromatic N) is 2. The number of aromatic nitrogens is 2. The number of hydrogen-bond donors (Lipinski definition) is 3. The highest BCUT2D eigenvalue weighted by Crippen LogP contribution is 2.44. The second-order valence-electron chi connectivity index (χ2n) is 6.45. The van der Waals surface area contributed by atoms with Gasteiger partial charge in [0.05, 0.1) is 6.20 Å². The van der Waals surface area contributed by atoms with E-state index in [0.29, 0.717) is 5.56 Å². The zero-order chi connectivity index (χ0) is 19.8. The van der Waals surface area contributed by atoms with Gasteiger partial charge in [0, 0.05) is 11.3 Å². The van der Waals surface area contributed by atoms with E-state index in [1.807, 2.05) is 0 Å². The lowest BCUT2D eigenvalue weighted by Gasteiger charge is -2.33. The lowest BCUT2D eigenvalue weighted by atomic mass is 9.85. The molecule has 1 atom stereocenters. The summed E-state index contributed by atoms with van der Waals surface area (Å²) in [5, 5.41) is 8.82. The minimum Gasteiger partial charge on any atom is -0.385 e. The summed E-state index contributed by atoms with van der Waals surface area (Å²) < 4.78 is 48.6. The molecule has 0 spiro atoms. The van der Waals surface area contributed by atoms with E-state index in [0.717, 1.165) is 19.1 Å². The van der Waals surface area contributed by atoms with Crippen LogP contribution >= 0.6 is 0 Å². The summed E-state index contributed by atoms with van der Waals surface area (Å²) in [5.41, 5.74) is 3.86. The average molecular weight is 381 g/mol. The van der Waals surface area contributed by atoms with E-state index in [2.05, 4.69) is 20.5 Å². The summed E-state index contributed by atoms with van der Waals surface area (Å²) >= 11 is 0. The molecule has 0 bridgehead atoms. The molecule has 27 heavy (non-hydrogen) atoms. The summed E-state index contributed by atoms with van der Waals surface area (Å²) in [5.74, 6) is -5.12. The van der Waals surface area contributed by atoms with Crippen LogP contribution in [-0.2, 0) is 10.3 Å². The van der Waals surface area contributed by atoms with E-state index >= 15 is 0 Å². The van der Waals surface area contributed by atoms with Crippen molar-refractivity contribution in [3.63, 3.8) is 0 Å². The number of H-pyrrole nitrogens is 1. The number of aryl methyl sites for hydroxylation is 1. The summed E-state index contributed by atoms with van der Waals surface area (Å²) in [4.78, 5) is 16.1. The molecular weight excluding hydrogens is 363 g/mol. The number of aliphatic imine (C=N–C) groups is 1. The highest BCUT2D eigenvalue weighted by atomic mass is 19.3. The van der Waals surface area contributed by atoms with E-state index < -0.39 is 35.4 Å². The molecule has 1 aliphatic rings. The number of amides is 1. The normalized spacial score (nSPS) is 22.0. The minimum absolute atomic E-state index is 0.126. The van der Waals surface area contributed by atoms with Gasteiger partial charge < -0.3 is 15.8 Å². The molecule has 0 aliphatic carbocycles. The molecule has 1 aromatic heterocycles. The zero-order valence-electron chi connectivity index (χ0n) is 14.6. The molecule has 2 aromatic rings. The quantitative estimate of drug-likeness (QED) is 0.759. The van der Waals surface area contributed by atoms with Crippen LogP contribution in [0.15, 0.2) is 29.4 Å². The second kappa shape index (κ2) is 6.69. The maximum absolute atomic E-state index is 14.7. The van der Waals surface area contributed by atoms with Crippen molar-refractivity contribution < 1.29 is 22.7 Å². The number of hydrogen-bond acceptors (Lipinski definition) is 5. The number of nitrogens with one attached hydrogen (secondary N) is 2. The maximum Gasteiger partial charge on any atom is 0.299 e. The molecule has 144 valence electrons. The molecule has 0 saturated carbocycles. The first-order chi connectivity index (χ1) is 12.6. The fourth-order valence-corrected chi connectivity index (χ4v) is 2.83. The molecule has 10 heteroatoms. The van der Waals surface area contributed by atoms with Crippen LogP contribution in [0.2, 0.25) is 0 Å². The van der Waals surface area contributed by atoms with Crippen LogP contribution in [-0.4, -0.2) is 41.1 Å². The fraction of sp³-hybridized carbons (Fsp3) is 0.353. The summed E-state index contributed by atoms with van der Waals surface area (Å²) in [6.45, 7) is 1.52. The maximum atomic E-state index is 14.7. The molecule has 1 amide bonds. The third kappa shape index (κ3) is 3.39.